The van der Waals surface area contributed by atoms with E-state index in [4.69, 9.17) is 10.2 Å². The lowest BCUT2D eigenvalue weighted by atomic mass is 9.67. The normalized spacial score (nSPS) is 22.3. The molecule has 7 nitrogen and oxygen atoms in total. The third-order valence-corrected chi connectivity index (χ3v) is 6.85. The summed E-state index contributed by atoms with van der Waals surface area (Å²) in [6.45, 7) is 1.28. The molecule has 7 N–H and O–H groups in total. The average molecular weight is 466 g/mol. The summed E-state index contributed by atoms with van der Waals surface area (Å²) >= 11 is 0. The van der Waals surface area contributed by atoms with Gasteiger partial charge in [0, 0.05) is 18.2 Å². The van der Waals surface area contributed by atoms with Gasteiger partial charge in [-0.05, 0) is 43.6 Å². The lowest BCUT2D eigenvalue weighted by molar-refractivity contribution is -0.134. The summed E-state index contributed by atoms with van der Waals surface area (Å²) in [5.74, 6) is 0.706. The predicted octanol–water partition coefficient (Wildman–Crippen LogP) is 3.78. The van der Waals surface area contributed by atoms with E-state index in [2.05, 4.69) is 5.32 Å². The Kier molecular flexibility index (Phi) is 19.0. The van der Waals surface area contributed by atoms with Gasteiger partial charge in [-0.15, -0.1) is 12.4 Å². The van der Waals surface area contributed by atoms with Gasteiger partial charge in [0.05, 0.1) is 0 Å². The molecule has 0 radical (unpaired) electrons. The van der Waals surface area contributed by atoms with Crippen molar-refractivity contribution in [1.82, 2.24) is 5.32 Å². The van der Waals surface area contributed by atoms with Gasteiger partial charge in [-0.3, -0.25) is 0 Å². The van der Waals surface area contributed by atoms with E-state index >= 15 is 0 Å². The Hall–Kier alpha value is -1.15. The molecular weight excluding hydrogens is 422 g/mol. The molecule has 0 aromatic heterocycles. The van der Waals surface area contributed by atoms with Crippen LogP contribution in [-0.4, -0.2) is 45.7 Å². The molecule has 1 heterocycles. The van der Waals surface area contributed by atoms with Crippen molar-refractivity contribution < 1.29 is 30.8 Å². The first-order chi connectivity index (χ1) is 13.6. The molecule has 8 heteroatoms. The van der Waals surface area contributed by atoms with Crippen LogP contribution in [-0.2, 0) is 9.59 Å². The van der Waals surface area contributed by atoms with Crippen molar-refractivity contribution in [1.29, 1.82) is 0 Å². The third-order valence-electron chi connectivity index (χ3n) is 6.85. The van der Waals surface area contributed by atoms with E-state index in [0.717, 1.165) is 23.8 Å². The van der Waals surface area contributed by atoms with Crippen LogP contribution < -0.4 is 5.32 Å². The van der Waals surface area contributed by atoms with E-state index in [-0.39, 0.29) is 23.4 Å². The van der Waals surface area contributed by atoms with Crippen LogP contribution in [0, 0.1) is 17.8 Å². The number of carbonyl (C=O) groups is 2. The molecule has 2 saturated carbocycles. The Bertz CT molecular complexity index is 464. The fourth-order valence-corrected chi connectivity index (χ4v) is 5.49. The van der Waals surface area contributed by atoms with Crippen LogP contribution in [0.4, 0.5) is 0 Å². The molecule has 1 atom stereocenters. The third kappa shape index (κ3) is 13.1. The number of carboxylic acids is 2. The van der Waals surface area contributed by atoms with Crippen molar-refractivity contribution in [3.8, 4) is 0 Å². The van der Waals surface area contributed by atoms with Crippen LogP contribution in [0.15, 0.2) is 12.2 Å². The van der Waals surface area contributed by atoms with Crippen molar-refractivity contribution in [2.45, 2.75) is 95.9 Å². The Morgan fingerprint density at radius 2 is 1.16 bits per heavy atom. The van der Waals surface area contributed by atoms with Crippen LogP contribution in [0.2, 0.25) is 0 Å². The zero-order valence-corrected chi connectivity index (χ0v) is 19.5. The minimum Gasteiger partial charge on any atom is -0.478 e. The lowest BCUT2D eigenvalue weighted by Gasteiger charge is -2.40. The largest absolute Gasteiger partial charge is 0.478 e. The number of carboxylic acid groups (broad SMARTS) is 2. The molecule has 1 unspecified atom stereocenters. The van der Waals surface area contributed by atoms with Crippen molar-refractivity contribution in [2.24, 2.45) is 17.8 Å². The van der Waals surface area contributed by atoms with E-state index in [9.17, 15) is 9.59 Å². The van der Waals surface area contributed by atoms with Crippen LogP contribution in [0.3, 0.4) is 0 Å². The molecule has 0 aromatic carbocycles. The molecule has 0 amide bonds. The van der Waals surface area contributed by atoms with E-state index < -0.39 is 11.9 Å². The summed E-state index contributed by atoms with van der Waals surface area (Å²) in [7, 11) is 0. The van der Waals surface area contributed by atoms with Gasteiger partial charge in [0.2, 0.25) is 0 Å². The number of aliphatic carboxylic acids is 2. The highest BCUT2D eigenvalue weighted by Gasteiger charge is 2.33. The van der Waals surface area contributed by atoms with E-state index in [1.165, 1.54) is 70.8 Å². The zero-order valence-electron chi connectivity index (χ0n) is 18.7. The second-order valence-corrected chi connectivity index (χ2v) is 8.85. The highest BCUT2D eigenvalue weighted by molar-refractivity contribution is 5.89. The molecule has 31 heavy (non-hydrogen) atoms. The summed E-state index contributed by atoms with van der Waals surface area (Å²) in [4.78, 5) is 19.1. The molecule has 0 aromatic rings. The smallest absolute Gasteiger partial charge is 0.328 e. The summed E-state index contributed by atoms with van der Waals surface area (Å²) in [6, 6.07) is 0.859. The second kappa shape index (κ2) is 18.4. The quantitative estimate of drug-likeness (QED) is 0.510. The molecule has 1 aliphatic heterocycles. The summed E-state index contributed by atoms with van der Waals surface area (Å²) in [5.41, 5.74) is 0. The number of halogens is 1. The maximum absolute atomic E-state index is 9.55. The first kappa shape index (κ1) is 32.0. The number of nitrogens with one attached hydrogen (secondary N) is 1. The molecule has 2 aliphatic carbocycles. The average Bonchev–Trinajstić information content (AvgIpc) is 2.73. The van der Waals surface area contributed by atoms with E-state index in [1.54, 1.807) is 25.7 Å². The van der Waals surface area contributed by atoms with Crippen molar-refractivity contribution >= 4 is 24.3 Å². The fourth-order valence-electron chi connectivity index (χ4n) is 5.49. The minimum atomic E-state index is -1.26. The maximum atomic E-state index is 9.55. The molecular formula is C23H44ClNO6. The van der Waals surface area contributed by atoms with Crippen LogP contribution in [0.25, 0.3) is 0 Å². The predicted molar refractivity (Wildman–Crippen MR) is 126 cm³/mol. The van der Waals surface area contributed by atoms with Gasteiger partial charge in [0.15, 0.2) is 0 Å². The van der Waals surface area contributed by atoms with Gasteiger partial charge in [-0.1, -0.05) is 70.6 Å². The second-order valence-electron chi connectivity index (χ2n) is 8.85. The molecule has 3 aliphatic rings. The lowest BCUT2D eigenvalue weighted by Crippen LogP contribution is -2.39. The Morgan fingerprint density at radius 1 is 0.742 bits per heavy atom. The van der Waals surface area contributed by atoms with Gasteiger partial charge in [-0.25, -0.2) is 9.59 Å². The van der Waals surface area contributed by atoms with Crippen molar-refractivity contribution in [3.05, 3.63) is 12.2 Å². The Morgan fingerprint density at radius 3 is 1.52 bits per heavy atom. The molecule has 0 bridgehead atoms. The zero-order chi connectivity index (χ0) is 20.2. The molecule has 1 saturated heterocycles. The monoisotopic (exact) mass is 465 g/mol. The molecule has 0 spiro atoms. The molecule has 3 rings (SSSR count). The first-order valence-corrected chi connectivity index (χ1v) is 11.4. The van der Waals surface area contributed by atoms with Crippen LogP contribution in [0.5, 0.6) is 0 Å². The molecule has 3 fully saturated rings. The van der Waals surface area contributed by atoms with Gasteiger partial charge >= 0.3 is 11.9 Å². The number of piperidine rings is 1. The number of hydrogen-bond donors (Lipinski definition) is 3. The Balaban J connectivity index is 0. The highest BCUT2D eigenvalue weighted by Crippen LogP contribution is 2.42. The topological polar surface area (TPSA) is 150 Å². The minimum absolute atomic E-state index is 0. The maximum Gasteiger partial charge on any atom is 0.328 e. The summed E-state index contributed by atoms with van der Waals surface area (Å²) in [6.07, 6.45) is 22.3. The van der Waals surface area contributed by atoms with Gasteiger partial charge in [0.25, 0.3) is 0 Å². The number of hydrogen-bond acceptors (Lipinski definition) is 3. The SMILES string of the molecule is C1CCC(C(CC2CCCCN2)C2CCCCC2)CC1.Cl.O.O.O=C(O)/C=C\C(=O)O. The first-order valence-electron chi connectivity index (χ1n) is 11.4. The van der Waals surface area contributed by atoms with Gasteiger partial charge < -0.3 is 26.5 Å². The number of rotatable bonds is 6. The van der Waals surface area contributed by atoms with Crippen LogP contribution in [0.1, 0.15) is 89.9 Å². The molecule has 184 valence electrons. The summed E-state index contributed by atoms with van der Waals surface area (Å²) in [5, 5.41) is 19.5. The van der Waals surface area contributed by atoms with Gasteiger partial charge in [-0.2, -0.15) is 0 Å². The standard InChI is InChI=1S/C19H35N.C4H4O4.ClH.2H2O/c1-3-9-16(10-4-1)19(17-11-5-2-6-12-17)15-18-13-7-8-14-20-18;5-3(6)1-2-4(7)8;;;/h16-20H,1-15H2;1-2H,(H,5,6)(H,7,8);1H;2*1H2/b;2-1-;;;. The van der Waals surface area contributed by atoms with Crippen molar-refractivity contribution in [2.75, 3.05) is 6.54 Å². The fraction of sp³-hybridized carbons (Fsp3) is 0.826. The summed E-state index contributed by atoms with van der Waals surface area (Å²) < 4.78 is 0. The van der Waals surface area contributed by atoms with E-state index in [0.29, 0.717) is 12.2 Å². The highest BCUT2D eigenvalue weighted by atomic mass is 35.5. The van der Waals surface area contributed by atoms with E-state index in [1.807, 2.05) is 0 Å². The van der Waals surface area contributed by atoms with Crippen LogP contribution >= 0.6 is 12.4 Å². The van der Waals surface area contributed by atoms with Gasteiger partial charge in [0.1, 0.15) is 0 Å². The van der Waals surface area contributed by atoms with Crippen molar-refractivity contribution in [3.63, 3.8) is 0 Å². The Labute approximate surface area is 193 Å².